The molecule has 5 heteroatoms. The highest BCUT2D eigenvalue weighted by Crippen LogP contribution is 2.20. The Balaban J connectivity index is 2.10. The number of rotatable bonds is 3. The second kappa shape index (κ2) is 4.98. The number of hydrogen-bond donors (Lipinski definition) is 1. The molecule has 0 unspecified atom stereocenters. The van der Waals surface area contributed by atoms with Gasteiger partial charge in [-0.1, -0.05) is 29.8 Å². The number of nitrogens with zero attached hydrogens (tertiary/aromatic N) is 2. The van der Waals surface area contributed by atoms with Crippen molar-refractivity contribution in [2.24, 2.45) is 0 Å². The van der Waals surface area contributed by atoms with Gasteiger partial charge in [0.25, 0.3) is 0 Å². The van der Waals surface area contributed by atoms with Gasteiger partial charge in [-0.05, 0) is 29.8 Å². The summed E-state index contributed by atoms with van der Waals surface area (Å²) in [7, 11) is 0. The SMILES string of the molecule is O=C(O)c1cccc2ncn(Cc3cccc(Cl)c3)c12. The van der Waals surface area contributed by atoms with E-state index >= 15 is 0 Å². The molecule has 0 amide bonds. The van der Waals surface area contributed by atoms with E-state index in [0.29, 0.717) is 22.6 Å². The summed E-state index contributed by atoms with van der Waals surface area (Å²) in [6.45, 7) is 0.529. The average Bonchev–Trinajstić information content (AvgIpc) is 2.82. The van der Waals surface area contributed by atoms with Crippen LogP contribution in [0.4, 0.5) is 0 Å². The molecule has 3 rings (SSSR count). The number of aromatic carboxylic acids is 1. The average molecular weight is 287 g/mol. The molecule has 100 valence electrons. The monoisotopic (exact) mass is 286 g/mol. The van der Waals surface area contributed by atoms with Crippen LogP contribution in [0.15, 0.2) is 48.8 Å². The van der Waals surface area contributed by atoms with Crippen molar-refractivity contribution >= 4 is 28.6 Å². The van der Waals surface area contributed by atoms with Crippen LogP contribution >= 0.6 is 11.6 Å². The Morgan fingerprint density at radius 2 is 2.05 bits per heavy atom. The third-order valence-electron chi connectivity index (χ3n) is 3.11. The molecule has 3 aromatic rings. The van der Waals surface area contributed by atoms with Gasteiger partial charge in [-0.15, -0.1) is 0 Å². The van der Waals surface area contributed by atoms with Crippen LogP contribution in [0.25, 0.3) is 11.0 Å². The molecule has 0 fully saturated rings. The third kappa shape index (κ3) is 2.26. The van der Waals surface area contributed by atoms with Crippen molar-refractivity contribution < 1.29 is 9.90 Å². The lowest BCUT2D eigenvalue weighted by Crippen LogP contribution is -2.04. The predicted molar refractivity (Wildman–Crippen MR) is 77.2 cm³/mol. The maximum Gasteiger partial charge on any atom is 0.337 e. The number of benzene rings is 2. The van der Waals surface area contributed by atoms with E-state index in [0.717, 1.165) is 5.56 Å². The molecular weight excluding hydrogens is 276 g/mol. The first-order chi connectivity index (χ1) is 9.65. The van der Waals surface area contributed by atoms with Crippen molar-refractivity contribution in [1.82, 2.24) is 9.55 Å². The molecule has 0 atom stereocenters. The van der Waals surface area contributed by atoms with Crippen LogP contribution in [0, 0.1) is 0 Å². The van der Waals surface area contributed by atoms with Gasteiger partial charge in [0, 0.05) is 11.6 Å². The molecule has 0 bridgehead atoms. The van der Waals surface area contributed by atoms with Gasteiger partial charge in [-0.2, -0.15) is 0 Å². The van der Waals surface area contributed by atoms with E-state index in [1.807, 2.05) is 22.8 Å². The van der Waals surface area contributed by atoms with E-state index in [1.165, 1.54) is 0 Å². The number of imidazole rings is 1. The van der Waals surface area contributed by atoms with Gasteiger partial charge in [0.2, 0.25) is 0 Å². The van der Waals surface area contributed by atoms with Crippen LogP contribution in [0.1, 0.15) is 15.9 Å². The predicted octanol–water partition coefficient (Wildman–Crippen LogP) is 3.44. The fourth-order valence-corrected chi connectivity index (χ4v) is 2.46. The maximum atomic E-state index is 11.3. The molecule has 20 heavy (non-hydrogen) atoms. The molecule has 2 aromatic carbocycles. The first-order valence-corrected chi connectivity index (χ1v) is 6.44. The minimum Gasteiger partial charge on any atom is -0.478 e. The van der Waals surface area contributed by atoms with Gasteiger partial charge in [0.1, 0.15) is 0 Å². The molecule has 4 nitrogen and oxygen atoms in total. The normalized spacial score (nSPS) is 10.8. The smallest absolute Gasteiger partial charge is 0.337 e. The van der Waals surface area contributed by atoms with E-state index in [4.69, 9.17) is 11.6 Å². The Hall–Kier alpha value is -2.33. The number of hydrogen-bond acceptors (Lipinski definition) is 2. The van der Waals surface area contributed by atoms with E-state index in [-0.39, 0.29) is 5.56 Å². The highest BCUT2D eigenvalue weighted by Gasteiger charge is 2.13. The highest BCUT2D eigenvalue weighted by molar-refractivity contribution is 6.30. The summed E-state index contributed by atoms with van der Waals surface area (Å²) >= 11 is 5.97. The van der Waals surface area contributed by atoms with Crippen LogP contribution < -0.4 is 0 Å². The fourth-order valence-electron chi connectivity index (χ4n) is 2.25. The summed E-state index contributed by atoms with van der Waals surface area (Å²) in [6, 6.07) is 12.6. The lowest BCUT2D eigenvalue weighted by Gasteiger charge is -2.07. The van der Waals surface area contributed by atoms with E-state index in [1.54, 1.807) is 30.6 Å². The molecule has 0 radical (unpaired) electrons. The van der Waals surface area contributed by atoms with Gasteiger partial charge in [0.05, 0.1) is 22.9 Å². The Morgan fingerprint density at radius 1 is 1.25 bits per heavy atom. The number of fused-ring (bicyclic) bond motifs is 1. The van der Waals surface area contributed by atoms with Crippen LogP contribution in [-0.4, -0.2) is 20.6 Å². The van der Waals surface area contributed by atoms with E-state index < -0.39 is 5.97 Å². The Labute approximate surface area is 120 Å². The molecule has 0 aliphatic heterocycles. The van der Waals surface area contributed by atoms with Crippen molar-refractivity contribution in [3.8, 4) is 0 Å². The summed E-state index contributed by atoms with van der Waals surface area (Å²) in [5, 5.41) is 9.93. The number of aromatic nitrogens is 2. The molecular formula is C15H11ClN2O2. The van der Waals surface area contributed by atoms with Crippen molar-refractivity contribution in [3.05, 3.63) is 64.9 Å². The lowest BCUT2D eigenvalue weighted by atomic mass is 10.1. The summed E-state index contributed by atoms with van der Waals surface area (Å²) in [4.78, 5) is 15.6. The second-order valence-corrected chi connectivity index (χ2v) is 4.92. The van der Waals surface area contributed by atoms with Gasteiger partial charge in [-0.3, -0.25) is 0 Å². The van der Waals surface area contributed by atoms with Gasteiger partial charge < -0.3 is 9.67 Å². The zero-order valence-electron chi connectivity index (χ0n) is 10.5. The van der Waals surface area contributed by atoms with Gasteiger partial charge in [-0.25, -0.2) is 9.78 Å². The zero-order chi connectivity index (χ0) is 14.1. The van der Waals surface area contributed by atoms with Crippen molar-refractivity contribution in [2.75, 3.05) is 0 Å². The molecule has 1 aromatic heterocycles. The number of carbonyl (C=O) groups is 1. The Bertz CT molecular complexity index is 795. The second-order valence-electron chi connectivity index (χ2n) is 4.48. The zero-order valence-corrected chi connectivity index (χ0v) is 11.2. The van der Waals surface area contributed by atoms with Gasteiger partial charge in [0.15, 0.2) is 0 Å². The summed E-state index contributed by atoms with van der Waals surface area (Å²) in [6.07, 6.45) is 1.65. The molecule has 0 saturated carbocycles. The van der Waals surface area contributed by atoms with Crippen molar-refractivity contribution in [1.29, 1.82) is 0 Å². The molecule has 0 aliphatic carbocycles. The van der Waals surface area contributed by atoms with E-state index in [2.05, 4.69) is 4.98 Å². The van der Waals surface area contributed by atoms with Crippen LogP contribution in [0.5, 0.6) is 0 Å². The minimum atomic E-state index is -0.955. The molecule has 1 N–H and O–H groups in total. The first kappa shape index (κ1) is 12.7. The molecule has 0 aliphatic rings. The molecule has 0 spiro atoms. The third-order valence-corrected chi connectivity index (χ3v) is 3.35. The summed E-state index contributed by atoms with van der Waals surface area (Å²) in [5.41, 5.74) is 2.55. The quantitative estimate of drug-likeness (QED) is 0.802. The van der Waals surface area contributed by atoms with Crippen LogP contribution in [0.3, 0.4) is 0 Å². The maximum absolute atomic E-state index is 11.3. The number of halogens is 1. The van der Waals surface area contributed by atoms with Crippen LogP contribution in [0.2, 0.25) is 5.02 Å². The standard InChI is InChI=1S/C15H11ClN2O2/c16-11-4-1-3-10(7-11)8-18-9-17-13-6-2-5-12(14(13)18)15(19)20/h1-7,9H,8H2,(H,19,20). The first-order valence-electron chi connectivity index (χ1n) is 6.07. The van der Waals surface area contributed by atoms with Crippen LogP contribution in [-0.2, 0) is 6.54 Å². The minimum absolute atomic E-state index is 0.252. The topological polar surface area (TPSA) is 55.1 Å². The number of carboxylic acids is 1. The fraction of sp³-hybridized carbons (Fsp3) is 0.0667. The molecule has 1 heterocycles. The number of para-hydroxylation sites is 1. The van der Waals surface area contributed by atoms with Gasteiger partial charge >= 0.3 is 5.97 Å². The molecule has 0 saturated heterocycles. The largest absolute Gasteiger partial charge is 0.478 e. The van der Waals surface area contributed by atoms with E-state index in [9.17, 15) is 9.90 Å². The van der Waals surface area contributed by atoms with Crippen molar-refractivity contribution in [3.63, 3.8) is 0 Å². The Morgan fingerprint density at radius 3 is 2.80 bits per heavy atom. The summed E-state index contributed by atoms with van der Waals surface area (Å²) in [5.74, 6) is -0.955. The Kier molecular flexibility index (Phi) is 3.16. The lowest BCUT2D eigenvalue weighted by molar-refractivity contribution is 0.0698. The number of carboxylic acid groups (broad SMARTS) is 1. The van der Waals surface area contributed by atoms with Crippen molar-refractivity contribution in [2.45, 2.75) is 6.54 Å². The highest BCUT2D eigenvalue weighted by atomic mass is 35.5. The summed E-state index contributed by atoms with van der Waals surface area (Å²) < 4.78 is 1.82.